The molecule has 0 saturated heterocycles. The third kappa shape index (κ3) is 6.08. The summed E-state index contributed by atoms with van der Waals surface area (Å²) in [5, 5.41) is 10.3. The van der Waals surface area contributed by atoms with E-state index in [1.54, 1.807) is 59.2 Å². The van der Waals surface area contributed by atoms with Gasteiger partial charge in [0.1, 0.15) is 6.04 Å². The number of benzene rings is 1. The molecule has 1 atom stereocenters. The quantitative estimate of drug-likeness (QED) is 0.528. The van der Waals surface area contributed by atoms with Gasteiger partial charge in [0, 0.05) is 18.5 Å². The summed E-state index contributed by atoms with van der Waals surface area (Å²) in [6, 6.07) is 13.4. The largest absolute Gasteiger partial charge is 0.340 e. The zero-order chi connectivity index (χ0) is 21.3. The number of nitrogens with one attached hydrogen (secondary N) is 2. The Kier molecular flexibility index (Phi) is 7.87. The molecule has 0 aliphatic heterocycles. The topological polar surface area (TPSA) is 88.9 Å². The molecule has 2 amide bonds. The standard InChI is InChI=1S/C21H22ClN5O2S/c1-30-13-10-18(24-20(28)16-7-2-3-8-17(16)22)21(29)25-19-9-12-27(26-19)14-15-6-4-5-11-23-15/h2-9,11-12,18H,10,13-14H2,1H3,(H,24,28)(H,25,26,29). The summed E-state index contributed by atoms with van der Waals surface area (Å²) in [5.41, 5.74) is 1.20. The van der Waals surface area contributed by atoms with Gasteiger partial charge < -0.3 is 10.6 Å². The zero-order valence-corrected chi connectivity index (χ0v) is 18.0. The van der Waals surface area contributed by atoms with E-state index in [1.807, 2.05) is 24.5 Å². The second kappa shape index (κ2) is 10.8. The van der Waals surface area contributed by atoms with Crippen LogP contribution >= 0.6 is 23.4 Å². The van der Waals surface area contributed by atoms with E-state index in [4.69, 9.17) is 11.6 Å². The van der Waals surface area contributed by atoms with Crippen molar-refractivity contribution in [3.63, 3.8) is 0 Å². The minimum atomic E-state index is -0.706. The Morgan fingerprint density at radius 2 is 1.97 bits per heavy atom. The lowest BCUT2D eigenvalue weighted by molar-refractivity contribution is -0.118. The summed E-state index contributed by atoms with van der Waals surface area (Å²) >= 11 is 7.70. The summed E-state index contributed by atoms with van der Waals surface area (Å²) in [4.78, 5) is 29.7. The Morgan fingerprint density at radius 3 is 2.70 bits per heavy atom. The highest BCUT2D eigenvalue weighted by Crippen LogP contribution is 2.15. The number of carbonyl (C=O) groups excluding carboxylic acids is 2. The van der Waals surface area contributed by atoms with Crippen molar-refractivity contribution < 1.29 is 9.59 Å². The van der Waals surface area contributed by atoms with Crippen LogP contribution in [0, 0.1) is 0 Å². The predicted octanol–water partition coefficient (Wildman–Crippen LogP) is 3.47. The van der Waals surface area contributed by atoms with Gasteiger partial charge in [-0.05, 0) is 42.7 Å². The lowest BCUT2D eigenvalue weighted by Gasteiger charge is -2.18. The molecule has 0 aliphatic rings. The molecule has 7 nitrogen and oxygen atoms in total. The fourth-order valence-electron chi connectivity index (χ4n) is 2.77. The summed E-state index contributed by atoms with van der Waals surface area (Å²) in [7, 11) is 0. The van der Waals surface area contributed by atoms with Crippen LogP contribution in [0.4, 0.5) is 5.82 Å². The molecule has 0 saturated carbocycles. The zero-order valence-electron chi connectivity index (χ0n) is 16.4. The summed E-state index contributed by atoms with van der Waals surface area (Å²) in [5.74, 6) is 0.418. The third-order valence-corrected chi connectivity index (χ3v) is 5.27. The van der Waals surface area contributed by atoms with Crippen molar-refractivity contribution in [3.8, 4) is 0 Å². The number of hydrogen-bond donors (Lipinski definition) is 2. The molecule has 0 aliphatic carbocycles. The number of hydrogen-bond acceptors (Lipinski definition) is 5. The van der Waals surface area contributed by atoms with Gasteiger partial charge in [0.2, 0.25) is 5.91 Å². The van der Waals surface area contributed by atoms with E-state index >= 15 is 0 Å². The Balaban J connectivity index is 1.65. The average molecular weight is 444 g/mol. The van der Waals surface area contributed by atoms with Crippen LogP contribution in [0.1, 0.15) is 22.5 Å². The SMILES string of the molecule is CSCCC(NC(=O)c1ccccc1Cl)C(=O)Nc1ccn(Cc2ccccn2)n1. The number of anilines is 1. The molecule has 1 unspecified atom stereocenters. The van der Waals surface area contributed by atoms with Gasteiger partial charge in [-0.2, -0.15) is 16.9 Å². The second-order valence-corrected chi connectivity index (χ2v) is 7.89. The van der Waals surface area contributed by atoms with E-state index in [2.05, 4.69) is 20.7 Å². The highest BCUT2D eigenvalue weighted by Gasteiger charge is 2.23. The molecule has 30 heavy (non-hydrogen) atoms. The van der Waals surface area contributed by atoms with E-state index in [1.165, 1.54) is 0 Å². The van der Waals surface area contributed by atoms with Crippen LogP contribution in [-0.2, 0) is 11.3 Å². The minimum absolute atomic E-state index is 0.326. The van der Waals surface area contributed by atoms with Crippen LogP contribution in [0.2, 0.25) is 5.02 Å². The average Bonchev–Trinajstić information content (AvgIpc) is 3.18. The molecule has 0 bridgehead atoms. The van der Waals surface area contributed by atoms with Gasteiger partial charge in [0.15, 0.2) is 5.82 Å². The number of halogens is 1. The molecule has 2 aromatic heterocycles. The Morgan fingerprint density at radius 1 is 1.17 bits per heavy atom. The van der Waals surface area contributed by atoms with Crippen molar-refractivity contribution in [1.82, 2.24) is 20.1 Å². The molecular formula is C21H22ClN5O2S. The van der Waals surface area contributed by atoms with E-state index in [0.717, 1.165) is 11.4 Å². The number of nitrogens with zero attached hydrogens (tertiary/aromatic N) is 3. The molecule has 0 spiro atoms. The maximum Gasteiger partial charge on any atom is 0.253 e. The molecule has 9 heteroatoms. The number of aromatic nitrogens is 3. The van der Waals surface area contributed by atoms with E-state index in [0.29, 0.717) is 29.4 Å². The number of thioether (sulfide) groups is 1. The van der Waals surface area contributed by atoms with Gasteiger partial charge >= 0.3 is 0 Å². The van der Waals surface area contributed by atoms with Crippen LogP contribution < -0.4 is 10.6 Å². The number of amides is 2. The van der Waals surface area contributed by atoms with Gasteiger partial charge in [-0.1, -0.05) is 29.8 Å². The van der Waals surface area contributed by atoms with Crippen LogP contribution in [0.3, 0.4) is 0 Å². The summed E-state index contributed by atoms with van der Waals surface area (Å²) < 4.78 is 1.69. The first-order chi connectivity index (χ1) is 14.6. The highest BCUT2D eigenvalue weighted by molar-refractivity contribution is 7.98. The number of rotatable bonds is 9. The first-order valence-electron chi connectivity index (χ1n) is 9.35. The van der Waals surface area contributed by atoms with Crippen LogP contribution in [0.15, 0.2) is 60.9 Å². The molecular weight excluding hydrogens is 422 g/mol. The first-order valence-corrected chi connectivity index (χ1v) is 11.1. The minimum Gasteiger partial charge on any atom is -0.340 e. The van der Waals surface area contributed by atoms with Crippen molar-refractivity contribution in [3.05, 3.63) is 77.2 Å². The number of pyridine rings is 1. The lowest BCUT2D eigenvalue weighted by Crippen LogP contribution is -2.44. The highest BCUT2D eigenvalue weighted by atomic mass is 35.5. The maximum absolute atomic E-state index is 12.8. The molecule has 0 radical (unpaired) electrons. The van der Waals surface area contributed by atoms with Crippen LogP contribution in [-0.4, -0.2) is 44.6 Å². The smallest absolute Gasteiger partial charge is 0.253 e. The van der Waals surface area contributed by atoms with Crippen molar-refractivity contribution in [2.75, 3.05) is 17.3 Å². The van der Waals surface area contributed by atoms with Crippen molar-refractivity contribution in [2.45, 2.75) is 19.0 Å². The van der Waals surface area contributed by atoms with Crippen molar-refractivity contribution >= 4 is 41.0 Å². The van der Waals surface area contributed by atoms with Crippen molar-refractivity contribution in [2.24, 2.45) is 0 Å². The van der Waals surface area contributed by atoms with Gasteiger partial charge in [-0.3, -0.25) is 19.3 Å². The van der Waals surface area contributed by atoms with Crippen LogP contribution in [0.25, 0.3) is 0 Å². The Labute approximate surface area is 184 Å². The molecule has 0 fully saturated rings. The normalized spacial score (nSPS) is 11.7. The molecule has 1 aromatic carbocycles. The van der Waals surface area contributed by atoms with Crippen LogP contribution in [0.5, 0.6) is 0 Å². The first kappa shape index (κ1) is 21.9. The van der Waals surface area contributed by atoms with Gasteiger partial charge in [-0.25, -0.2) is 0 Å². The summed E-state index contributed by atoms with van der Waals surface area (Å²) in [6.45, 7) is 0.496. The van der Waals surface area contributed by atoms with E-state index in [9.17, 15) is 9.59 Å². The van der Waals surface area contributed by atoms with Gasteiger partial charge in [0.05, 0.1) is 22.8 Å². The maximum atomic E-state index is 12.8. The van der Waals surface area contributed by atoms with E-state index < -0.39 is 6.04 Å². The molecule has 2 N–H and O–H groups in total. The van der Waals surface area contributed by atoms with Gasteiger partial charge in [-0.15, -0.1) is 0 Å². The molecule has 3 aromatic rings. The fraction of sp³-hybridized carbons (Fsp3) is 0.238. The Hall–Kier alpha value is -2.84. The summed E-state index contributed by atoms with van der Waals surface area (Å²) in [6.07, 6.45) is 5.92. The monoisotopic (exact) mass is 443 g/mol. The lowest BCUT2D eigenvalue weighted by atomic mass is 10.1. The van der Waals surface area contributed by atoms with Crippen molar-refractivity contribution in [1.29, 1.82) is 0 Å². The molecule has 156 valence electrons. The van der Waals surface area contributed by atoms with E-state index in [-0.39, 0.29) is 11.8 Å². The predicted molar refractivity (Wildman–Crippen MR) is 120 cm³/mol. The second-order valence-electron chi connectivity index (χ2n) is 6.50. The molecule has 2 heterocycles. The molecule has 3 rings (SSSR count). The fourth-order valence-corrected chi connectivity index (χ4v) is 3.47. The third-order valence-electron chi connectivity index (χ3n) is 4.29. The Bertz CT molecular complexity index is 996. The number of carbonyl (C=O) groups is 2. The van der Waals surface area contributed by atoms with Gasteiger partial charge in [0.25, 0.3) is 5.91 Å².